The number of benzene rings is 1. The predicted octanol–water partition coefficient (Wildman–Crippen LogP) is 2.63. The second-order valence-electron chi connectivity index (χ2n) is 4.52. The van der Waals surface area contributed by atoms with Crippen molar-refractivity contribution in [2.75, 3.05) is 18.4 Å². The summed E-state index contributed by atoms with van der Waals surface area (Å²) in [6, 6.07) is 10.1. The quantitative estimate of drug-likeness (QED) is 0.858. The fraction of sp³-hybridized carbons (Fsp3) is 0.250. The summed E-state index contributed by atoms with van der Waals surface area (Å²) in [7, 11) is 0. The highest BCUT2D eigenvalue weighted by atomic mass is 19.1. The average molecular weight is 287 g/mol. The van der Waals surface area contributed by atoms with E-state index >= 15 is 0 Å². The summed E-state index contributed by atoms with van der Waals surface area (Å²) in [5.74, 6) is -0.712. The summed E-state index contributed by atoms with van der Waals surface area (Å²) in [5.41, 5.74) is 1.47. The first-order chi connectivity index (χ1) is 10.2. The van der Waals surface area contributed by atoms with Crippen LogP contribution in [-0.2, 0) is 6.42 Å². The molecule has 0 aliphatic rings. The zero-order valence-corrected chi connectivity index (χ0v) is 11.9. The number of nitrogens with zero attached hydrogens (tertiary/aromatic N) is 1. The normalized spacial score (nSPS) is 10.2. The van der Waals surface area contributed by atoms with Crippen molar-refractivity contribution in [1.82, 2.24) is 10.3 Å². The van der Waals surface area contributed by atoms with E-state index in [1.807, 2.05) is 25.1 Å². The molecule has 0 radical (unpaired) electrons. The molecular formula is C16H18FN3O. The van der Waals surface area contributed by atoms with Crippen LogP contribution < -0.4 is 10.6 Å². The Morgan fingerprint density at radius 2 is 2.10 bits per heavy atom. The van der Waals surface area contributed by atoms with E-state index in [2.05, 4.69) is 15.6 Å². The van der Waals surface area contributed by atoms with Crippen LogP contribution in [0.4, 0.5) is 10.1 Å². The van der Waals surface area contributed by atoms with Gasteiger partial charge in [-0.15, -0.1) is 0 Å². The first kappa shape index (κ1) is 15.0. The number of carbonyl (C=O) groups is 1. The molecule has 0 fully saturated rings. The van der Waals surface area contributed by atoms with Gasteiger partial charge in [-0.1, -0.05) is 12.1 Å². The van der Waals surface area contributed by atoms with Crippen molar-refractivity contribution in [3.05, 3.63) is 59.7 Å². The maximum atomic E-state index is 13.7. The van der Waals surface area contributed by atoms with Gasteiger partial charge in [-0.2, -0.15) is 0 Å². The largest absolute Gasteiger partial charge is 0.382 e. The second-order valence-corrected chi connectivity index (χ2v) is 4.52. The van der Waals surface area contributed by atoms with E-state index in [4.69, 9.17) is 0 Å². The zero-order valence-electron chi connectivity index (χ0n) is 11.9. The highest BCUT2D eigenvalue weighted by Gasteiger charge is 2.14. The number of hydrogen-bond donors (Lipinski definition) is 2. The molecule has 0 atom stereocenters. The lowest BCUT2D eigenvalue weighted by Crippen LogP contribution is -2.27. The molecule has 2 rings (SSSR count). The molecule has 1 aromatic heterocycles. The Kier molecular flexibility index (Phi) is 5.26. The van der Waals surface area contributed by atoms with Gasteiger partial charge in [0.15, 0.2) is 0 Å². The van der Waals surface area contributed by atoms with Crippen molar-refractivity contribution in [2.45, 2.75) is 13.3 Å². The summed E-state index contributed by atoms with van der Waals surface area (Å²) in [6.45, 7) is 2.86. The Labute approximate surface area is 123 Å². The van der Waals surface area contributed by atoms with Crippen molar-refractivity contribution in [3.63, 3.8) is 0 Å². The van der Waals surface area contributed by atoms with Gasteiger partial charge in [-0.25, -0.2) is 4.39 Å². The number of aromatic nitrogens is 1. The number of nitrogens with one attached hydrogen (secondary N) is 2. The van der Waals surface area contributed by atoms with Crippen LogP contribution in [0.1, 0.15) is 23.0 Å². The minimum Gasteiger partial charge on any atom is -0.382 e. The SMILES string of the molecule is CCNc1c(F)cccc1C(=O)NCCc1ccccn1. The van der Waals surface area contributed by atoms with Crippen molar-refractivity contribution >= 4 is 11.6 Å². The summed E-state index contributed by atoms with van der Waals surface area (Å²) in [4.78, 5) is 16.3. The maximum absolute atomic E-state index is 13.7. The number of carbonyl (C=O) groups excluding carboxylic acids is 1. The number of halogens is 1. The Morgan fingerprint density at radius 3 is 2.81 bits per heavy atom. The number of anilines is 1. The van der Waals surface area contributed by atoms with E-state index in [0.717, 1.165) is 5.69 Å². The Balaban J connectivity index is 1.99. The van der Waals surface area contributed by atoms with Crippen LogP contribution >= 0.6 is 0 Å². The summed E-state index contributed by atoms with van der Waals surface area (Å²) >= 11 is 0. The van der Waals surface area contributed by atoms with Crippen LogP contribution in [0.2, 0.25) is 0 Å². The van der Waals surface area contributed by atoms with E-state index in [1.54, 1.807) is 12.3 Å². The minimum atomic E-state index is -0.422. The van der Waals surface area contributed by atoms with Gasteiger partial charge in [-0.05, 0) is 31.2 Å². The number of pyridine rings is 1. The molecule has 110 valence electrons. The topological polar surface area (TPSA) is 54.0 Å². The summed E-state index contributed by atoms with van der Waals surface area (Å²) < 4.78 is 13.7. The van der Waals surface area contributed by atoms with Gasteiger partial charge in [0.05, 0.1) is 11.3 Å². The van der Waals surface area contributed by atoms with Gasteiger partial charge in [0.25, 0.3) is 5.91 Å². The maximum Gasteiger partial charge on any atom is 0.253 e. The third-order valence-corrected chi connectivity index (χ3v) is 3.00. The molecule has 2 N–H and O–H groups in total. The van der Waals surface area contributed by atoms with Gasteiger partial charge in [0.1, 0.15) is 5.82 Å². The molecule has 21 heavy (non-hydrogen) atoms. The first-order valence-electron chi connectivity index (χ1n) is 6.93. The van der Waals surface area contributed by atoms with Gasteiger partial charge >= 0.3 is 0 Å². The summed E-state index contributed by atoms with van der Waals surface area (Å²) in [6.07, 6.45) is 2.35. The van der Waals surface area contributed by atoms with Crippen LogP contribution in [-0.4, -0.2) is 24.0 Å². The average Bonchev–Trinajstić information content (AvgIpc) is 2.50. The lowest BCUT2D eigenvalue weighted by Gasteiger charge is -2.11. The van der Waals surface area contributed by atoms with Gasteiger partial charge in [0, 0.05) is 31.4 Å². The number of hydrogen-bond acceptors (Lipinski definition) is 3. The smallest absolute Gasteiger partial charge is 0.253 e. The molecular weight excluding hydrogens is 269 g/mol. The van der Waals surface area contributed by atoms with Crippen LogP contribution in [0.5, 0.6) is 0 Å². The fourth-order valence-corrected chi connectivity index (χ4v) is 2.02. The summed E-state index contributed by atoms with van der Waals surface area (Å²) in [5, 5.41) is 5.67. The van der Waals surface area contributed by atoms with Crippen molar-refractivity contribution in [2.24, 2.45) is 0 Å². The monoisotopic (exact) mass is 287 g/mol. The van der Waals surface area contributed by atoms with E-state index in [-0.39, 0.29) is 11.6 Å². The molecule has 1 amide bonds. The van der Waals surface area contributed by atoms with Crippen LogP contribution in [0.15, 0.2) is 42.6 Å². The van der Waals surface area contributed by atoms with Crippen molar-refractivity contribution < 1.29 is 9.18 Å². The predicted molar refractivity (Wildman–Crippen MR) is 80.8 cm³/mol. The highest BCUT2D eigenvalue weighted by molar-refractivity contribution is 5.99. The molecule has 0 saturated carbocycles. The molecule has 0 aliphatic carbocycles. The molecule has 4 nitrogen and oxygen atoms in total. The van der Waals surface area contributed by atoms with Crippen LogP contribution in [0.3, 0.4) is 0 Å². The number of para-hydroxylation sites is 1. The first-order valence-corrected chi connectivity index (χ1v) is 6.93. The Bertz CT molecular complexity index is 602. The fourth-order valence-electron chi connectivity index (χ4n) is 2.02. The molecule has 0 bridgehead atoms. The molecule has 0 aliphatic heterocycles. The Hall–Kier alpha value is -2.43. The molecule has 1 heterocycles. The highest BCUT2D eigenvalue weighted by Crippen LogP contribution is 2.19. The van der Waals surface area contributed by atoms with Crippen LogP contribution in [0, 0.1) is 5.82 Å². The van der Waals surface area contributed by atoms with Gasteiger partial charge in [-0.3, -0.25) is 9.78 Å². The lowest BCUT2D eigenvalue weighted by molar-refractivity contribution is 0.0954. The molecule has 5 heteroatoms. The Morgan fingerprint density at radius 1 is 1.24 bits per heavy atom. The standard InChI is InChI=1S/C16H18FN3O/c1-2-18-15-13(7-5-8-14(15)17)16(21)20-11-9-12-6-3-4-10-19-12/h3-8,10,18H,2,9,11H2,1H3,(H,20,21). The van der Waals surface area contributed by atoms with Gasteiger partial charge < -0.3 is 10.6 Å². The van der Waals surface area contributed by atoms with E-state index in [1.165, 1.54) is 12.1 Å². The molecule has 0 saturated heterocycles. The molecule has 1 aromatic carbocycles. The van der Waals surface area contributed by atoms with E-state index in [9.17, 15) is 9.18 Å². The lowest BCUT2D eigenvalue weighted by atomic mass is 10.1. The minimum absolute atomic E-state index is 0.246. The number of rotatable bonds is 6. The van der Waals surface area contributed by atoms with Crippen molar-refractivity contribution in [1.29, 1.82) is 0 Å². The molecule has 0 spiro atoms. The van der Waals surface area contributed by atoms with Gasteiger partial charge in [0.2, 0.25) is 0 Å². The van der Waals surface area contributed by atoms with E-state index in [0.29, 0.717) is 25.1 Å². The van der Waals surface area contributed by atoms with Crippen molar-refractivity contribution in [3.8, 4) is 0 Å². The van der Waals surface area contributed by atoms with Crippen LogP contribution in [0.25, 0.3) is 0 Å². The van der Waals surface area contributed by atoms with E-state index < -0.39 is 5.82 Å². The molecule has 0 unspecified atom stereocenters. The zero-order chi connectivity index (χ0) is 15.1. The number of amides is 1. The molecule has 2 aromatic rings. The third kappa shape index (κ3) is 4.02. The third-order valence-electron chi connectivity index (χ3n) is 3.00. The second kappa shape index (κ2) is 7.38.